The standard InChI is InChI=1S/C19H25N3O6S/c1-5-27-15-8-6-14(7-9-15)11-22(4)18(23)13-28-19(24)17-10-16(12-21(17)3)29(25,26)20-2/h6-10,12,20H,5,11,13H2,1-4H3. The van der Waals surface area contributed by atoms with Crippen molar-refractivity contribution in [2.24, 2.45) is 7.05 Å². The zero-order chi connectivity index (χ0) is 21.6. The van der Waals surface area contributed by atoms with E-state index in [0.717, 1.165) is 11.3 Å². The Bertz CT molecular complexity index is 966. The minimum Gasteiger partial charge on any atom is -0.494 e. The predicted octanol–water partition coefficient (Wildman–Crippen LogP) is 1.15. The van der Waals surface area contributed by atoms with E-state index in [0.29, 0.717) is 13.2 Å². The molecular formula is C19H25N3O6S. The summed E-state index contributed by atoms with van der Waals surface area (Å²) in [5.74, 6) is -0.418. The summed E-state index contributed by atoms with van der Waals surface area (Å²) in [6, 6.07) is 8.55. The predicted molar refractivity (Wildman–Crippen MR) is 106 cm³/mol. The molecule has 1 aromatic heterocycles. The van der Waals surface area contributed by atoms with Gasteiger partial charge in [-0.2, -0.15) is 0 Å². The van der Waals surface area contributed by atoms with E-state index in [1.165, 1.54) is 35.8 Å². The van der Waals surface area contributed by atoms with Crippen molar-refractivity contribution in [3.63, 3.8) is 0 Å². The number of hydrogen-bond acceptors (Lipinski definition) is 6. The molecule has 1 aromatic carbocycles. The topological polar surface area (TPSA) is 107 Å². The number of aromatic nitrogens is 1. The molecule has 10 heteroatoms. The average Bonchev–Trinajstić information content (AvgIpc) is 3.10. The van der Waals surface area contributed by atoms with Crippen molar-refractivity contribution in [1.29, 1.82) is 0 Å². The van der Waals surface area contributed by atoms with E-state index >= 15 is 0 Å². The van der Waals surface area contributed by atoms with Crippen LogP contribution in [0.4, 0.5) is 0 Å². The molecule has 0 aliphatic rings. The molecule has 0 saturated heterocycles. The first-order valence-electron chi connectivity index (χ1n) is 8.90. The van der Waals surface area contributed by atoms with Gasteiger partial charge in [-0.25, -0.2) is 17.9 Å². The normalized spacial score (nSPS) is 11.2. The third-order valence-electron chi connectivity index (χ3n) is 4.17. The van der Waals surface area contributed by atoms with Crippen molar-refractivity contribution in [1.82, 2.24) is 14.2 Å². The number of esters is 1. The van der Waals surface area contributed by atoms with Crippen LogP contribution in [0, 0.1) is 0 Å². The quantitative estimate of drug-likeness (QED) is 0.607. The third-order valence-corrected chi connectivity index (χ3v) is 5.56. The molecule has 0 unspecified atom stereocenters. The first-order valence-corrected chi connectivity index (χ1v) is 10.4. The molecule has 0 saturated carbocycles. The molecule has 1 N–H and O–H groups in total. The highest BCUT2D eigenvalue weighted by atomic mass is 32.2. The molecule has 0 radical (unpaired) electrons. The minimum absolute atomic E-state index is 0.0285. The zero-order valence-electron chi connectivity index (χ0n) is 16.8. The Kier molecular flexibility index (Phi) is 7.40. The number of ether oxygens (including phenoxy) is 2. The molecule has 29 heavy (non-hydrogen) atoms. The van der Waals surface area contributed by atoms with Gasteiger partial charge in [0.05, 0.1) is 6.61 Å². The fourth-order valence-corrected chi connectivity index (χ4v) is 3.33. The van der Waals surface area contributed by atoms with Crippen LogP contribution in [-0.4, -0.2) is 57.1 Å². The van der Waals surface area contributed by atoms with Gasteiger partial charge in [-0.15, -0.1) is 0 Å². The lowest BCUT2D eigenvalue weighted by atomic mass is 10.2. The van der Waals surface area contributed by atoms with Crippen LogP contribution in [-0.2, 0) is 33.1 Å². The number of amides is 1. The second kappa shape index (κ2) is 9.57. The summed E-state index contributed by atoms with van der Waals surface area (Å²) in [4.78, 5) is 25.9. The van der Waals surface area contributed by atoms with E-state index in [1.54, 1.807) is 7.05 Å². The number of likely N-dealkylation sites (N-methyl/N-ethyl adjacent to an activating group) is 1. The number of benzene rings is 1. The van der Waals surface area contributed by atoms with E-state index in [-0.39, 0.29) is 16.5 Å². The van der Waals surface area contributed by atoms with Gasteiger partial charge < -0.3 is 18.9 Å². The molecule has 0 aliphatic carbocycles. The molecule has 158 valence electrons. The fraction of sp³-hybridized carbons (Fsp3) is 0.368. The van der Waals surface area contributed by atoms with E-state index in [9.17, 15) is 18.0 Å². The Morgan fingerprint density at radius 1 is 1.21 bits per heavy atom. The van der Waals surface area contributed by atoms with Crippen LogP contribution < -0.4 is 9.46 Å². The summed E-state index contributed by atoms with van der Waals surface area (Å²) >= 11 is 0. The Hall–Kier alpha value is -2.85. The summed E-state index contributed by atoms with van der Waals surface area (Å²) in [5.41, 5.74) is 0.931. The monoisotopic (exact) mass is 423 g/mol. The maximum Gasteiger partial charge on any atom is 0.355 e. The number of carbonyl (C=O) groups excluding carboxylic acids is 2. The second-order valence-corrected chi connectivity index (χ2v) is 8.17. The van der Waals surface area contributed by atoms with Gasteiger partial charge in [0.2, 0.25) is 10.0 Å². The van der Waals surface area contributed by atoms with Gasteiger partial charge in [0.1, 0.15) is 16.3 Å². The lowest BCUT2D eigenvalue weighted by molar-refractivity contribution is -0.133. The molecule has 0 fully saturated rings. The fourth-order valence-electron chi connectivity index (χ4n) is 2.53. The van der Waals surface area contributed by atoms with E-state index in [4.69, 9.17) is 9.47 Å². The van der Waals surface area contributed by atoms with Gasteiger partial charge in [0, 0.05) is 26.8 Å². The van der Waals surface area contributed by atoms with Crippen molar-refractivity contribution in [2.45, 2.75) is 18.4 Å². The maximum atomic E-state index is 12.3. The van der Waals surface area contributed by atoms with Gasteiger partial charge >= 0.3 is 5.97 Å². The number of rotatable bonds is 9. The van der Waals surface area contributed by atoms with Crippen LogP contribution >= 0.6 is 0 Å². The van der Waals surface area contributed by atoms with Gasteiger partial charge in [-0.05, 0) is 37.7 Å². The number of carbonyl (C=O) groups is 2. The molecule has 0 bridgehead atoms. The highest BCUT2D eigenvalue weighted by Gasteiger charge is 2.21. The van der Waals surface area contributed by atoms with Crippen LogP contribution in [0.3, 0.4) is 0 Å². The lowest BCUT2D eigenvalue weighted by Gasteiger charge is -2.17. The van der Waals surface area contributed by atoms with Crippen LogP contribution in [0.2, 0.25) is 0 Å². The van der Waals surface area contributed by atoms with Crippen molar-refractivity contribution < 1.29 is 27.5 Å². The molecule has 2 aromatic rings. The summed E-state index contributed by atoms with van der Waals surface area (Å²) in [5, 5.41) is 0. The Morgan fingerprint density at radius 3 is 2.45 bits per heavy atom. The van der Waals surface area contributed by atoms with Gasteiger partial charge in [-0.3, -0.25) is 4.79 Å². The summed E-state index contributed by atoms with van der Waals surface area (Å²) in [7, 11) is 0.718. The van der Waals surface area contributed by atoms with Gasteiger partial charge in [0.25, 0.3) is 5.91 Å². The van der Waals surface area contributed by atoms with Crippen molar-refractivity contribution >= 4 is 21.9 Å². The zero-order valence-corrected chi connectivity index (χ0v) is 17.7. The van der Waals surface area contributed by atoms with E-state index in [1.807, 2.05) is 31.2 Å². The Balaban J connectivity index is 1.93. The summed E-state index contributed by atoms with van der Waals surface area (Å²) in [6.07, 6.45) is 1.29. The van der Waals surface area contributed by atoms with E-state index in [2.05, 4.69) is 4.72 Å². The average molecular weight is 423 g/mol. The van der Waals surface area contributed by atoms with Crippen LogP contribution in [0.5, 0.6) is 5.75 Å². The van der Waals surface area contributed by atoms with E-state index < -0.39 is 22.6 Å². The minimum atomic E-state index is -3.68. The Labute approximate surface area is 170 Å². The molecule has 0 aliphatic heterocycles. The van der Waals surface area contributed by atoms with Crippen LogP contribution in [0.15, 0.2) is 41.4 Å². The highest BCUT2D eigenvalue weighted by molar-refractivity contribution is 7.89. The smallest absolute Gasteiger partial charge is 0.355 e. The molecule has 1 amide bonds. The molecule has 0 spiro atoms. The number of aryl methyl sites for hydroxylation is 1. The number of hydrogen-bond donors (Lipinski definition) is 1. The SMILES string of the molecule is CCOc1ccc(CN(C)C(=O)COC(=O)c2cc(S(=O)(=O)NC)cn2C)cc1. The van der Waals surface area contributed by atoms with Crippen molar-refractivity contribution in [3.05, 3.63) is 47.8 Å². The van der Waals surface area contributed by atoms with Crippen molar-refractivity contribution in [2.75, 3.05) is 27.3 Å². The molecule has 0 atom stereocenters. The molecule has 1 heterocycles. The number of nitrogens with one attached hydrogen (secondary N) is 1. The first-order chi connectivity index (χ1) is 13.7. The van der Waals surface area contributed by atoms with Crippen molar-refractivity contribution in [3.8, 4) is 5.75 Å². The maximum absolute atomic E-state index is 12.3. The lowest BCUT2D eigenvalue weighted by Crippen LogP contribution is -2.31. The van der Waals surface area contributed by atoms with Crippen LogP contribution in [0.1, 0.15) is 23.0 Å². The summed E-state index contributed by atoms with van der Waals surface area (Å²) < 4.78 is 37.6. The molecule has 2 rings (SSSR count). The van der Waals surface area contributed by atoms with Crippen LogP contribution in [0.25, 0.3) is 0 Å². The summed E-state index contributed by atoms with van der Waals surface area (Å²) in [6.45, 7) is 2.37. The Morgan fingerprint density at radius 2 is 1.86 bits per heavy atom. The number of sulfonamides is 1. The molecular weight excluding hydrogens is 398 g/mol. The highest BCUT2D eigenvalue weighted by Crippen LogP contribution is 2.15. The number of nitrogens with zero attached hydrogens (tertiary/aromatic N) is 2. The molecule has 9 nitrogen and oxygen atoms in total. The second-order valence-electron chi connectivity index (χ2n) is 6.28. The van der Waals surface area contributed by atoms with Gasteiger partial charge in [0.15, 0.2) is 6.61 Å². The van der Waals surface area contributed by atoms with Gasteiger partial charge in [-0.1, -0.05) is 12.1 Å². The first kappa shape index (κ1) is 22.4. The third kappa shape index (κ3) is 5.81. The largest absolute Gasteiger partial charge is 0.494 e.